The second kappa shape index (κ2) is 22.1. The van der Waals surface area contributed by atoms with Crippen LogP contribution in [0.25, 0.3) is 0 Å². The normalized spacial score (nSPS) is 20.0. The third-order valence-electron chi connectivity index (χ3n) is 7.70. The second-order valence-electron chi connectivity index (χ2n) is 11.2. The average molecular weight is 627 g/mol. The van der Waals surface area contributed by atoms with E-state index in [2.05, 4.69) is 61.3 Å². The number of hydrogen-bond acceptors (Lipinski definition) is 11. The van der Waals surface area contributed by atoms with Crippen molar-refractivity contribution in [1.29, 1.82) is 0 Å². The number of aliphatic hydroxyl groups excluding tert-OH is 3. The van der Waals surface area contributed by atoms with Gasteiger partial charge >= 0.3 is 23.9 Å². The van der Waals surface area contributed by atoms with Gasteiger partial charge in [-0.3, -0.25) is 0 Å². The highest BCUT2D eigenvalue weighted by molar-refractivity contribution is 5.88. The lowest BCUT2D eigenvalue weighted by atomic mass is 9.70. The van der Waals surface area contributed by atoms with Crippen molar-refractivity contribution in [2.75, 3.05) is 33.0 Å². The van der Waals surface area contributed by atoms with Crippen LogP contribution in [0.15, 0.2) is 49.3 Å². The van der Waals surface area contributed by atoms with Crippen molar-refractivity contribution in [2.24, 2.45) is 16.7 Å². The summed E-state index contributed by atoms with van der Waals surface area (Å²) in [5, 5.41) is 25.0. The summed E-state index contributed by atoms with van der Waals surface area (Å²) in [4.78, 5) is 42.8. The van der Waals surface area contributed by atoms with Gasteiger partial charge in [0.1, 0.15) is 12.7 Å². The molecule has 0 aromatic heterocycles. The van der Waals surface area contributed by atoms with E-state index in [4.69, 9.17) is 20.1 Å². The molecular weight excluding hydrogens is 572 g/mol. The first-order valence-corrected chi connectivity index (χ1v) is 14.8. The fourth-order valence-electron chi connectivity index (χ4n) is 4.51. The summed E-state index contributed by atoms with van der Waals surface area (Å²) in [5.41, 5.74) is 0.923. The molecule has 0 aromatic carbocycles. The monoisotopic (exact) mass is 626 g/mol. The Kier molecular flexibility index (Phi) is 21.5. The summed E-state index contributed by atoms with van der Waals surface area (Å²) < 4.78 is 19.1. The van der Waals surface area contributed by atoms with Crippen molar-refractivity contribution in [1.82, 2.24) is 0 Å². The van der Waals surface area contributed by atoms with Crippen LogP contribution in [0, 0.1) is 16.7 Å². The Morgan fingerprint density at radius 3 is 1.84 bits per heavy atom. The SMILES string of the molecule is C=C(C)C(=O)OCCO.C=C(CO)C(=O)OCCC.C=C(O)C(=O)OCCCC.C=CC(=O)OC1CC2CCC1(C)C2(C)C. The van der Waals surface area contributed by atoms with Crippen LogP contribution in [0.3, 0.4) is 0 Å². The number of rotatable bonds is 13. The van der Waals surface area contributed by atoms with Crippen molar-refractivity contribution in [2.45, 2.75) is 86.2 Å². The third-order valence-corrected chi connectivity index (χ3v) is 7.70. The topological polar surface area (TPSA) is 166 Å². The molecule has 2 fully saturated rings. The maximum absolute atomic E-state index is 11.3. The standard InChI is InChI=1S/C13H20O2.2C7H12O3.C6H10O3/c1-5-11(14)15-10-8-9-6-7-13(10,4)12(9,2)3;1-3-4-10-7(9)6(2)5-8;1-3-4-5-10-7(9)6(2)8;1-5(2)6(8)9-4-3-7/h5,9-10H,1,6-8H2,2-4H3;2*8H,2-5H2,1H3;7H,1,3-4H2,2H3. The first-order valence-electron chi connectivity index (χ1n) is 14.8. The van der Waals surface area contributed by atoms with E-state index in [1.807, 2.05) is 13.8 Å². The zero-order valence-electron chi connectivity index (χ0n) is 27.4. The van der Waals surface area contributed by atoms with Crippen LogP contribution >= 0.6 is 0 Å². The summed E-state index contributed by atoms with van der Waals surface area (Å²) in [7, 11) is 0. The Morgan fingerprint density at radius 1 is 0.886 bits per heavy atom. The molecule has 44 heavy (non-hydrogen) atoms. The summed E-state index contributed by atoms with van der Waals surface area (Å²) in [6, 6.07) is 0. The largest absolute Gasteiger partial charge is 0.502 e. The molecule has 0 aromatic rings. The number of carbonyl (C=O) groups is 4. The molecule has 0 amide bonds. The number of hydrogen-bond donors (Lipinski definition) is 3. The lowest BCUT2D eigenvalue weighted by Crippen LogP contribution is -2.38. The van der Waals surface area contributed by atoms with Crippen LogP contribution < -0.4 is 0 Å². The molecule has 3 atom stereocenters. The summed E-state index contributed by atoms with van der Waals surface area (Å²) in [6.45, 7) is 25.8. The molecule has 0 aliphatic heterocycles. The van der Waals surface area contributed by atoms with Gasteiger partial charge < -0.3 is 34.3 Å². The van der Waals surface area contributed by atoms with Crippen LogP contribution in [0.2, 0.25) is 0 Å². The van der Waals surface area contributed by atoms with Gasteiger partial charge in [0.05, 0.1) is 32.0 Å². The number of esters is 4. The van der Waals surface area contributed by atoms with Crippen LogP contribution in [0.4, 0.5) is 0 Å². The van der Waals surface area contributed by atoms with E-state index in [9.17, 15) is 19.2 Å². The number of carbonyl (C=O) groups excluding carboxylic acids is 4. The Labute approximate surface area is 262 Å². The van der Waals surface area contributed by atoms with Crippen molar-refractivity contribution >= 4 is 23.9 Å². The van der Waals surface area contributed by atoms with Crippen LogP contribution in [-0.4, -0.2) is 78.3 Å². The molecule has 2 aliphatic carbocycles. The zero-order valence-corrected chi connectivity index (χ0v) is 27.4. The molecule has 11 heteroatoms. The Balaban J connectivity index is 0. The fraction of sp³-hybridized carbons (Fsp3) is 0.636. The fourth-order valence-corrected chi connectivity index (χ4v) is 4.51. The number of unbranched alkanes of at least 4 members (excludes halogenated alkanes) is 1. The number of ether oxygens (including phenoxy) is 4. The van der Waals surface area contributed by atoms with E-state index in [0.29, 0.717) is 30.1 Å². The predicted molar refractivity (Wildman–Crippen MR) is 167 cm³/mol. The minimum atomic E-state index is -0.728. The van der Waals surface area contributed by atoms with Crippen molar-refractivity contribution in [3.63, 3.8) is 0 Å². The van der Waals surface area contributed by atoms with Gasteiger partial charge in [0.25, 0.3) is 0 Å². The maximum Gasteiger partial charge on any atom is 0.372 e. The van der Waals surface area contributed by atoms with Crippen molar-refractivity contribution in [3.05, 3.63) is 49.3 Å². The van der Waals surface area contributed by atoms with E-state index < -0.39 is 23.7 Å². The number of fused-ring (bicyclic) bond motifs is 2. The van der Waals surface area contributed by atoms with Gasteiger partial charge in [-0.15, -0.1) is 0 Å². The minimum absolute atomic E-state index is 0.0473. The van der Waals surface area contributed by atoms with Gasteiger partial charge in [-0.2, -0.15) is 0 Å². The van der Waals surface area contributed by atoms with E-state index in [1.54, 1.807) is 6.92 Å². The van der Waals surface area contributed by atoms with Gasteiger partial charge in [0.2, 0.25) is 0 Å². The van der Waals surface area contributed by atoms with Crippen molar-refractivity contribution < 1.29 is 53.4 Å². The van der Waals surface area contributed by atoms with Gasteiger partial charge in [-0.25, -0.2) is 19.2 Å². The third kappa shape index (κ3) is 14.8. The summed E-state index contributed by atoms with van der Waals surface area (Å²) in [5.74, 6) is -1.78. The first kappa shape index (κ1) is 42.7. The molecule has 2 bridgehead atoms. The molecule has 0 radical (unpaired) electrons. The van der Waals surface area contributed by atoms with Gasteiger partial charge in [-0.1, -0.05) is 60.8 Å². The molecule has 0 spiro atoms. The Bertz CT molecular complexity index is 980. The Morgan fingerprint density at radius 2 is 1.45 bits per heavy atom. The van der Waals surface area contributed by atoms with E-state index in [-0.39, 0.29) is 42.9 Å². The van der Waals surface area contributed by atoms with Crippen molar-refractivity contribution in [3.8, 4) is 0 Å². The van der Waals surface area contributed by atoms with E-state index in [1.165, 1.54) is 18.9 Å². The molecule has 0 heterocycles. The highest BCUT2D eigenvalue weighted by atomic mass is 16.6. The highest BCUT2D eigenvalue weighted by Gasteiger charge is 2.62. The molecule has 3 unspecified atom stereocenters. The summed E-state index contributed by atoms with van der Waals surface area (Å²) in [6.07, 6.45) is 7.42. The van der Waals surface area contributed by atoms with Crippen LogP contribution in [0.1, 0.15) is 80.1 Å². The lowest BCUT2D eigenvalue weighted by Gasteiger charge is -2.38. The van der Waals surface area contributed by atoms with Gasteiger partial charge in [-0.05, 0) is 56.9 Å². The molecule has 11 nitrogen and oxygen atoms in total. The Hall–Kier alpha value is -3.44. The molecule has 0 saturated heterocycles. The van der Waals surface area contributed by atoms with E-state index >= 15 is 0 Å². The molecular formula is C33H54O11. The predicted octanol–water partition coefficient (Wildman–Crippen LogP) is 4.92. The summed E-state index contributed by atoms with van der Waals surface area (Å²) >= 11 is 0. The first-order chi connectivity index (χ1) is 20.5. The zero-order chi connectivity index (χ0) is 34.5. The average Bonchev–Trinajstić information content (AvgIpc) is 3.32. The van der Waals surface area contributed by atoms with Gasteiger partial charge in [0, 0.05) is 17.1 Å². The quantitative estimate of drug-likeness (QED) is 0.0835. The van der Waals surface area contributed by atoms with E-state index in [0.717, 1.165) is 25.7 Å². The second-order valence-corrected chi connectivity index (χ2v) is 11.2. The molecule has 3 N–H and O–H groups in total. The molecule has 252 valence electrons. The smallest absolute Gasteiger partial charge is 0.372 e. The van der Waals surface area contributed by atoms with Crippen LogP contribution in [-0.2, 0) is 38.1 Å². The minimum Gasteiger partial charge on any atom is -0.502 e. The van der Waals surface area contributed by atoms with Crippen LogP contribution in [0.5, 0.6) is 0 Å². The highest BCUT2D eigenvalue weighted by Crippen LogP contribution is 2.66. The molecule has 2 saturated carbocycles. The molecule has 2 rings (SSSR count). The number of aliphatic hydroxyl groups is 3. The molecule has 2 aliphatic rings. The lowest BCUT2D eigenvalue weighted by molar-refractivity contribution is -0.150. The van der Waals surface area contributed by atoms with Gasteiger partial charge in [0.15, 0.2) is 5.76 Å². The maximum atomic E-state index is 11.3.